The highest BCUT2D eigenvalue weighted by molar-refractivity contribution is 6.07. The second-order valence-corrected chi connectivity index (χ2v) is 13.5. The number of para-hydroxylation sites is 1. The van der Waals surface area contributed by atoms with Crippen LogP contribution in [0.1, 0.15) is 64.7 Å². The minimum Gasteiger partial charge on any atom is -0.497 e. The van der Waals surface area contributed by atoms with Crippen LogP contribution in [0.25, 0.3) is 0 Å². The molecule has 2 aromatic carbocycles. The first-order valence-corrected chi connectivity index (χ1v) is 17.8. The molecule has 6 atom stereocenters. The number of benzene rings is 2. The Morgan fingerprint density at radius 2 is 1.70 bits per heavy atom. The predicted octanol–water partition coefficient (Wildman–Crippen LogP) is 0.592. The van der Waals surface area contributed by atoms with Gasteiger partial charge in [0.05, 0.1) is 30.5 Å². The standard InChI is InChI=1S/C37H44N8O12/c1-17(2)28(34(52)39-19(4)31(49)42-36-38-16-45(37(53)43-36)35-30(48)29(47)27(14-46)56-35)41-32(50)21-11-22(13-23(12-21)54-6)40-33(51)24-9-7-8-10-26(24)55-15-25-18(3)44-57-20(25)5/h7-13,16-17,19,27-30,35,46-48H,14-15H2,1-6H3,(H,39,52)(H,40,51)(H,41,50)(H,42,43,49,53)/t19-,27+,28-,29+,30+,35+/m0/s1. The zero-order valence-electron chi connectivity index (χ0n) is 31.9. The smallest absolute Gasteiger partial charge is 0.354 e. The molecule has 0 radical (unpaired) electrons. The minimum absolute atomic E-state index is 0.0561. The molecule has 304 valence electrons. The zero-order chi connectivity index (χ0) is 41.6. The Kier molecular flexibility index (Phi) is 13.4. The maximum absolute atomic E-state index is 13.6. The summed E-state index contributed by atoms with van der Waals surface area (Å²) >= 11 is 0. The molecule has 4 amide bonds. The number of methoxy groups -OCH3 is 1. The number of rotatable bonds is 15. The number of aromatic nitrogens is 4. The monoisotopic (exact) mass is 792 g/mol. The van der Waals surface area contributed by atoms with Crippen LogP contribution in [0.4, 0.5) is 11.6 Å². The normalized spacial score (nSPS) is 18.7. The molecular weight excluding hydrogens is 748 g/mol. The molecule has 57 heavy (non-hydrogen) atoms. The van der Waals surface area contributed by atoms with Gasteiger partial charge in [-0.05, 0) is 51.0 Å². The Bertz CT molecular complexity index is 2150. The van der Waals surface area contributed by atoms with Crippen LogP contribution in [0.2, 0.25) is 0 Å². The van der Waals surface area contributed by atoms with Gasteiger partial charge in [-0.3, -0.25) is 29.1 Å². The van der Waals surface area contributed by atoms with Crippen molar-refractivity contribution in [1.29, 1.82) is 0 Å². The van der Waals surface area contributed by atoms with Gasteiger partial charge in [-0.2, -0.15) is 4.98 Å². The number of hydrogen-bond acceptors (Lipinski definition) is 15. The van der Waals surface area contributed by atoms with Crippen molar-refractivity contribution in [3.63, 3.8) is 0 Å². The van der Waals surface area contributed by atoms with Crippen LogP contribution in [0, 0.1) is 19.8 Å². The van der Waals surface area contributed by atoms with E-state index in [1.807, 2.05) is 0 Å². The number of anilines is 2. The number of nitrogens with one attached hydrogen (secondary N) is 4. The summed E-state index contributed by atoms with van der Waals surface area (Å²) in [5.74, 6) is -2.44. The van der Waals surface area contributed by atoms with Gasteiger partial charge in [0.15, 0.2) is 6.23 Å². The van der Waals surface area contributed by atoms with Gasteiger partial charge in [0.1, 0.15) is 60.6 Å². The van der Waals surface area contributed by atoms with Crippen molar-refractivity contribution >= 4 is 35.3 Å². The number of aryl methyl sites for hydroxylation is 2. The van der Waals surface area contributed by atoms with E-state index in [4.69, 9.17) is 18.7 Å². The van der Waals surface area contributed by atoms with Crippen LogP contribution >= 0.6 is 0 Å². The number of ether oxygens (including phenoxy) is 3. The highest BCUT2D eigenvalue weighted by Crippen LogP contribution is 2.28. The van der Waals surface area contributed by atoms with Crippen molar-refractivity contribution in [2.75, 3.05) is 24.4 Å². The lowest BCUT2D eigenvalue weighted by Gasteiger charge is -2.24. The number of nitrogens with zero attached hydrogens (tertiary/aromatic N) is 4. The van der Waals surface area contributed by atoms with E-state index in [1.165, 1.54) is 32.2 Å². The molecule has 0 unspecified atom stereocenters. The summed E-state index contributed by atoms with van der Waals surface area (Å²) in [6, 6.07) is 8.66. The van der Waals surface area contributed by atoms with Gasteiger partial charge in [-0.15, -0.1) is 0 Å². The van der Waals surface area contributed by atoms with Crippen molar-refractivity contribution in [2.45, 2.75) is 77.8 Å². The van der Waals surface area contributed by atoms with Crippen molar-refractivity contribution in [3.05, 3.63) is 87.4 Å². The van der Waals surface area contributed by atoms with Crippen molar-refractivity contribution in [3.8, 4) is 11.5 Å². The van der Waals surface area contributed by atoms with Crippen LogP contribution in [0.15, 0.2) is 58.1 Å². The summed E-state index contributed by atoms with van der Waals surface area (Å²) in [6.45, 7) is 7.80. The fourth-order valence-electron chi connectivity index (χ4n) is 5.79. The topological polar surface area (TPSA) is 279 Å². The molecular formula is C37H44N8O12. The molecule has 1 fully saturated rings. The summed E-state index contributed by atoms with van der Waals surface area (Å²) in [5, 5.41) is 43.7. The number of aliphatic hydroxyl groups excluding tert-OH is 3. The molecule has 0 aliphatic carbocycles. The third-order valence-electron chi connectivity index (χ3n) is 9.09. The predicted molar refractivity (Wildman–Crippen MR) is 199 cm³/mol. The average Bonchev–Trinajstić information content (AvgIpc) is 3.66. The highest BCUT2D eigenvalue weighted by Gasteiger charge is 2.44. The maximum atomic E-state index is 13.6. The number of hydrogen-bond donors (Lipinski definition) is 7. The second kappa shape index (κ2) is 18.2. The Hall–Kier alpha value is -6.22. The van der Waals surface area contributed by atoms with E-state index in [-0.39, 0.29) is 29.2 Å². The first-order valence-electron chi connectivity index (χ1n) is 17.8. The summed E-state index contributed by atoms with van der Waals surface area (Å²) in [7, 11) is 1.39. The molecule has 0 bridgehead atoms. The third-order valence-corrected chi connectivity index (χ3v) is 9.09. The van der Waals surface area contributed by atoms with E-state index in [1.54, 1.807) is 52.0 Å². The van der Waals surface area contributed by atoms with Crippen molar-refractivity contribution in [2.24, 2.45) is 5.92 Å². The van der Waals surface area contributed by atoms with Gasteiger partial charge >= 0.3 is 5.69 Å². The van der Waals surface area contributed by atoms with Crippen molar-refractivity contribution < 1.29 is 53.2 Å². The van der Waals surface area contributed by atoms with Crippen LogP contribution in [0.3, 0.4) is 0 Å². The molecule has 0 spiro atoms. The Morgan fingerprint density at radius 3 is 2.33 bits per heavy atom. The second-order valence-electron chi connectivity index (χ2n) is 13.5. The van der Waals surface area contributed by atoms with Crippen LogP contribution in [-0.2, 0) is 20.9 Å². The Balaban J connectivity index is 1.22. The van der Waals surface area contributed by atoms with Gasteiger partial charge in [-0.25, -0.2) is 9.78 Å². The SMILES string of the molecule is COc1cc(NC(=O)c2ccccc2OCc2c(C)noc2C)cc(C(=O)N[C@H](C(=O)N[C@@H](C)C(=O)Nc2ncn([C@@H]3O[C@H](CO)[C@@H](O)[C@H]3O)c(=O)n2)C(C)C)c1. The van der Waals surface area contributed by atoms with Crippen molar-refractivity contribution in [1.82, 2.24) is 30.3 Å². The van der Waals surface area contributed by atoms with Crippen LogP contribution in [0.5, 0.6) is 11.5 Å². The molecule has 1 saturated heterocycles. The fourth-order valence-corrected chi connectivity index (χ4v) is 5.79. The van der Waals surface area contributed by atoms with E-state index < -0.39 is 84.4 Å². The maximum Gasteiger partial charge on any atom is 0.354 e. The van der Waals surface area contributed by atoms with E-state index in [2.05, 4.69) is 36.4 Å². The van der Waals surface area contributed by atoms with Crippen LogP contribution in [-0.4, -0.2) is 103 Å². The lowest BCUT2D eigenvalue weighted by atomic mass is 10.0. The van der Waals surface area contributed by atoms with E-state index in [0.717, 1.165) is 16.5 Å². The molecule has 20 nitrogen and oxygen atoms in total. The first-order chi connectivity index (χ1) is 27.1. The van der Waals surface area contributed by atoms with Gasteiger partial charge < -0.3 is 50.0 Å². The summed E-state index contributed by atoms with van der Waals surface area (Å²) in [5.41, 5.74) is 0.934. The zero-order valence-corrected chi connectivity index (χ0v) is 31.9. The van der Waals surface area contributed by atoms with Gasteiger partial charge in [0.2, 0.25) is 17.8 Å². The molecule has 2 aromatic heterocycles. The fraction of sp³-hybridized carbons (Fsp3) is 0.405. The van der Waals surface area contributed by atoms with E-state index in [9.17, 15) is 39.3 Å². The molecule has 5 rings (SSSR count). The Labute approximate surface area is 325 Å². The molecule has 1 aliphatic rings. The number of amides is 4. The first kappa shape index (κ1) is 41.9. The minimum atomic E-state index is -1.55. The average molecular weight is 793 g/mol. The number of carbonyl (C=O) groups is 4. The number of aliphatic hydroxyl groups is 3. The lowest BCUT2D eigenvalue weighted by Crippen LogP contribution is -2.53. The summed E-state index contributed by atoms with van der Waals surface area (Å²) < 4.78 is 22.6. The molecule has 1 aliphatic heterocycles. The largest absolute Gasteiger partial charge is 0.497 e. The summed E-state index contributed by atoms with van der Waals surface area (Å²) in [4.78, 5) is 73.6. The quantitative estimate of drug-likeness (QED) is 0.0868. The molecule has 3 heterocycles. The van der Waals surface area contributed by atoms with Gasteiger partial charge in [0, 0.05) is 17.3 Å². The highest BCUT2D eigenvalue weighted by atomic mass is 16.6. The van der Waals surface area contributed by atoms with Crippen LogP contribution < -0.4 is 36.4 Å². The number of carbonyl (C=O) groups excluding carboxylic acids is 4. The molecule has 4 aromatic rings. The lowest BCUT2D eigenvalue weighted by molar-refractivity contribution is -0.128. The summed E-state index contributed by atoms with van der Waals surface area (Å²) in [6.07, 6.45) is -4.60. The Morgan fingerprint density at radius 1 is 0.965 bits per heavy atom. The van der Waals surface area contributed by atoms with Gasteiger partial charge in [0.25, 0.3) is 11.8 Å². The van der Waals surface area contributed by atoms with E-state index >= 15 is 0 Å². The molecule has 7 N–H and O–H groups in total. The third kappa shape index (κ3) is 9.78. The van der Waals surface area contributed by atoms with Gasteiger partial charge in [-0.1, -0.05) is 31.1 Å². The molecule has 20 heteroatoms. The molecule has 0 saturated carbocycles. The van der Waals surface area contributed by atoms with E-state index in [0.29, 0.717) is 17.2 Å².